The standard InChI is InChI=1S/C19H17N3O2S/c23-17(20-19-22-21-18(25-19)13-10-11-13)16-9-5-4-6-14(16)12-24-15-7-2-1-3-8-15/h1-9,13H,10-12H2,(H,20,22,23). The predicted molar refractivity (Wildman–Crippen MR) is 97.1 cm³/mol. The number of carbonyl (C=O) groups is 1. The summed E-state index contributed by atoms with van der Waals surface area (Å²) in [6.45, 7) is 0.330. The lowest BCUT2D eigenvalue weighted by atomic mass is 10.1. The van der Waals surface area contributed by atoms with E-state index >= 15 is 0 Å². The largest absolute Gasteiger partial charge is 0.489 e. The molecule has 6 heteroatoms. The second-order valence-corrected chi connectivity index (χ2v) is 6.94. The van der Waals surface area contributed by atoms with E-state index in [-0.39, 0.29) is 5.91 Å². The van der Waals surface area contributed by atoms with Gasteiger partial charge < -0.3 is 4.74 Å². The first kappa shape index (κ1) is 15.8. The normalized spacial score (nSPS) is 13.4. The van der Waals surface area contributed by atoms with Crippen LogP contribution in [0.15, 0.2) is 54.6 Å². The Labute approximate surface area is 149 Å². The molecule has 0 unspecified atom stereocenters. The van der Waals surface area contributed by atoms with Crippen molar-refractivity contribution in [3.63, 3.8) is 0 Å². The summed E-state index contributed by atoms with van der Waals surface area (Å²) in [6.07, 6.45) is 2.34. The Balaban J connectivity index is 1.46. The molecule has 0 aliphatic heterocycles. The van der Waals surface area contributed by atoms with E-state index in [0.29, 0.717) is 23.2 Å². The number of benzene rings is 2. The van der Waals surface area contributed by atoms with Gasteiger partial charge in [-0.3, -0.25) is 10.1 Å². The smallest absolute Gasteiger partial charge is 0.257 e. The fourth-order valence-electron chi connectivity index (χ4n) is 2.49. The monoisotopic (exact) mass is 351 g/mol. The molecule has 3 aromatic rings. The highest BCUT2D eigenvalue weighted by atomic mass is 32.1. The van der Waals surface area contributed by atoms with E-state index in [1.807, 2.05) is 48.5 Å². The molecule has 0 atom stereocenters. The minimum atomic E-state index is -0.189. The van der Waals surface area contributed by atoms with Gasteiger partial charge in [-0.05, 0) is 31.0 Å². The molecule has 1 aliphatic rings. The molecule has 2 aromatic carbocycles. The van der Waals surface area contributed by atoms with Gasteiger partial charge in [0.1, 0.15) is 17.4 Å². The van der Waals surface area contributed by atoms with Crippen LogP contribution in [0.3, 0.4) is 0 Å². The number of hydrogen-bond donors (Lipinski definition) is 1. The summed E-state index contributed by atoms with van der Waals surface area (Å²) < 4.78 is 5.77. The van der Waals surface area contributed by atoms with Gasteiger partial charge in [-0.15, -0.1) is 10.2 Å². The van der Waals surface area contributed by atoms with Gasteiger partial charge in [0.05, 0.1) is 0 Å². The fraction of sp³-hybridized carbons (Fsp3) is 0.211. The number of aromatic nitrogens is 2. The van der Waals surface area contributed by atoms with Crippen molar-refractivity contribution in [3.8, 4) is 5.75 Å². The van der Waals surface area contributed by atoms with Crippen molar-refractivity contribution in [2.24, 2.45) is 0 Å². The van der Waals surface area contributed by atoms with Crippen LogP contribution < -0.4 is 10.1 Å². The number of rotatable bonds is 6. The van der Waals surface area contributed by atoms with E-state index in [9.17, 15) is 4.79 Å². The molecule has 1 aromatic heterocycles. The van der Waals surface area contributed by atoms with Crippen LogP contribution in [0.5, 0.6) is 5.75 Å². The molecule has 0 spiro atoms. The van der Waals surface area contributed by atoms with Gasteiger partial charge >= 0.3 is 0 Å². The molecule has 1 fully saturated rings. The van der Waals surface area contributed by atoms with E-state index in [1.165, 1.54) is 24.2 Å². The van der Waals surface area contributed by atoms with Crippen LogP contribution >= 0.6 is 11.3 Å². The molecule has 0 radical (unpaired) electrons. The topological polar surface area (TPSA) is 64.1 Å². The molecular weight excluding hydrogens is 334 g/mol. The second-order valence-electron chi connectivity index (χ2n) is 5.93. The molecule has 4 rings (SSSR count). The van der Waals surface area contributed by atoms with Gasteiger partial charge in [0, 0.05) is 17.0 Å². The van der Waals surface area contributed by atoms with Crippen LogP contribution in [0, 0.1) is 0 Å². The summed E-state index contributed by atoms with van der Waals surface area (Å²) in [5.41, 5.74) is 1.41. The van der Waals surface area contributed by atoms with Crippen LogP contribution in [0.4, 0.5) is 5.13 Å². The molecule has 1 aliphatic carbocycles. The maximum atomic E-state index is 12.6. The maximum absolute atomic E-state index is 12.6. The van der Waals surface area contributed by atoms with Gasteiger partial charge in [-0.2, -0.15) is 0 Å². The molecule has 1 amide bonds. The third kappa shape index (κ3) is 3.85. The Morgan fingerprint density at radius 1 is 1.08 bits per heavy atom. The van der Waals surface area contributed by atoms with Gasteiger partial charge in [0.2, 0.25) is 5.13 Å². The Hall–Kier alpha value is -2.73. The van der Waals surface area contributed by atoms with Gasteiger partial charge in [-0.1, -0.05) is 47.7 Å². The third-order valence-corrected chi connectivity index (χ3v) is 4.99. The second kappa shape index (κ2) is 7.03. The minimum absolute atomic E-state index is 0.189. The summed E-state index contributed by atoms with van der Waals surface area (Å²) in [4.78, 5) is 12.6. The molecule has 5 nitrogen and oxygen atoms in total. The van der Waals surface area contributed by atoms with E-state index in [2.05, 4.69) is 15.5 Å². The van der Waals surface area contributed by atoms with Crippen LogP contribution in [-0.2, 0) is 6.61 Å². The lowest BCUT2D eigenvalue weighted by molar-refractivity contribution is 0.102. The molecule has 126 valence electrons. The zero-order chi connectivity index (χ0) is 17.1. The fourth-order valence-corrected chi connectivity index (χ4v) is 3.40. The van der Waals surface area contributed by atoms with E-state index in [0.717, 1.165) is 16.3 Å². The van der Waals surface area contributed by atoms with Crippen molar-refractivity contribution >= 4 is 22.4 Å². The summed E-state index contributed by atoms with van der Waals surface area (Å²) in [5.74, 6) is 1.12. The lowest BCUT2D eigenvalue weighted by Crippen LogP contribution is -2.15. The van der Waals surface area contributed by atoms with E-state index in [1.54, 1.807) is 6.07 Å². The Kier molecular flexibility index (Phi) is 4.43. The van der Waals surface area contributed by atoms with Gasteiger partial charge in [0.25, 0.3) is 5.91 Å². The molecular formula is C19H17N3O2S. The predicted octanol–water partition coefficient (Wildman–Crippen LogP) is 4.25. The van der Waals surface area contributed by atoms with Gasteiger partial charge in [0.15, 0.2) is 0 Å². The van der Waals surface area contributed by atoms with Crippen LogP contribution in [0.2, 0.25) is 0 Å². The number of nitrogens with one attached hydrogen (secondary N) is 1. The lowest BCUT2D eigenvalue weighted by Gasteiger charge is -2.10. The number of para-hydroxylation sites is 1. The third-order valence-electron chi connectivity index (χ3n) is 3.99. The first-order valence-corrected chi connectivity index (χ1v) is 9.02. The van der Waals surface area contributed by atoms with Crippen molar-refractivity contribution in [2.45, 2.75) is 25.4 Å². The highest BCUT2D eigenvalue weighted by Crippen LogP contribution is 2.42. The summed E-state index contributed by atoms with van der Waals surface area (Å²) in [5, 5.41) is 12.6. The van der Waals surface area contributed by atoms with Crippen molar-refractivity contribution in [3.05, 3.63) is 70.7 Å². The van der Waals surface area contributed by atoms with Crippen LogP contribution in [-0.4, -0.2) is 16.1 Å². The summed E-state index contributed by atoms with van der Waals surface area (Å²) in [6, 6.07) is 17.0. The zero-order valence-corrected chi connectivity index (χ0v) is 14.3. The maximum Gasteiger partial charge on any atom is 0.257 e. The average molecular weight is 351 g/mol. The number of amides is 1. The molecule has 1 N–H and O–H groups in total. The number of anilines is 1. The number of ether oxygens (including phenoxy) is 1. The van der Waals surface area contributed by atoms with E-state index < -0.39 is 0 Å². The Bertz CT molecular complexity index is 875. The first-order chi connectivity index (χ1) is 12.3. The molecule has 1 saturated carbocycles. The SMILES string of the molecule is O=C(Nc1nnc(C2CC2)s1)c1ccccc1COc1ccccc1. The molecule has 0 saturated heterocycles. The Morgan fingerprint density at radius 2 is 1.84 bits per heavy atom. The molecule has 25 heavy (non-hydrogen) atoms. The van der Waals surface area contributed by atoms with Crippen LogP contribution in [0.1, 0.15) is 39.7 Å². The molecule has 1 heterocycles. The van der Waals surface area contributed by atoms with Gasteiger partial charge in [-0.25, -0.2) is 0 Å². The highest BCUT2D eigenvalue weighted by molar-refractivity contribution is 7.15. The van der Waals surface area contributed by atoms with Crippen LogP contribution in [0.25, 0.3) is 0 Å². The molecule has 0 bridgehead atoms. The number of carbonyl (C=O) groups excluding carboxylic acids is 1. The van der Waals surface area contributed by atoms with Crippen molar-refractivity contribution in [1.82, 2.24) is 10.2 Å². The summed E-state index contributed by atoms with van der Waals surface area (Å²) >= 11 is 1.46. The van der Waals surface area contributed by atoms with Crippen molar-refractivity contribution in [2.75, 3.05) is 5.32 Å². The van der Waals surface area contributed by atoms with E-state index in [4.69, 9.17) is 4.74 Å². The minimum Gasteiger partial charge on any atom is -0.489 e. The number of hydrogen-bond acceptors (Lipinski definition) is 5. The number of nitrogens with zero attached hydrogens (tertiary/aromatic N) is 2. The first-order valence-electron chi connectivity index (χ1n) is 8.20. The van der Waals surface area contributed by atoms with Crippen molar-refractivity contribution < 1.29 is 9.53 Å². The summed E-state index contributed by atoms with van der Waals surface area (Å²) in [7, 11) is 0. The quantitative estimate of drug-likeness (QED) is 0.721. The zero-order valence-electron chi connectivity index (χ0n) is 13.5. The van der Waals surface area contributed by atoms with Crippen molar-refractivity contribution in [1.29, 1.82) is 0 Å². The Morgan fingerprint density at radius 3 is 2.64 bits per heavy atom. The average Bonchev–Trinajstić information content (AvgIpc) is 3.41. The highest BCUT2D eigenvalue weighted by Gasteiger charge is 2.27.